The SMILES string of the molecule is CN1CC(=O)N2[C@@H](c3ccccc3)C(=O)N(CC3CCCCC3)C[C@@H]2N1C(=O)NCc1ccccc1. The smallest absolute Gasteiger partial charge is 0.334 e. The van der Waals surface area contributed by atoms with E-state index in [0.717, 1.165) is 24.0 Å². The molecule has 0 spiro atoms. The number of fused-ring (bicyclic) bond motifs is 1. The van der Waals surface area contributed by atoms with Crippen LogP contribution in [0, 0.1) is 5.92 Å². The third-order valence-electron chi connectivity index (χ3n) is 7.64. The minimum absolute atomic E-state index is 0.0362. The molecule has 0 unspecified atom stereocenters. The predicted molar refractivity (Wildman–Crippen MR) is 136 cm³/mol. The van der Waals surface area contributed by atoms with Crippen molar-refractivity contribution < 1.29 is 14.4 Å². The van der Waals surface area contributed by atoms with E-state index in [4.69, 9.17) is 0 Å². The number of nitrogens with one attached hydrogen (secondary N) is 1. The zero-order chi connectivity index (χ0) is 25.1. The quantitative estimate of drug-likeness (QED) is 0.699. The molecule has 2 saturated heterocycles. The van der Waals surface area contributed by atoms with Gasteiger partial charge in [0.05, 0.1) is 13.1 Å². The standard InChI is InChI=1S/C28H35N5O3/c1-30-20-25(34)32-24(33(30)28(36)29-17-21-11-5-2-6-12-21)19-31(18-22-13-7-3-8-14-22)27(35)26(32)23-15-9-4-10-16-23/h2,4-6,9-12,15-16,22,24,26H,3,7-8,13-14,17-20H2,1H3,(H,29,36)/t24-,26-/m0/s1. The summed E-state index contributed by atoms with van der Waals surface area (Å²) >= 11 is 0. The van der Waals surface area contributed by atoms with Crippen LogP contribution in [0.5, 0.6) is 0 Å². The van der Waals surface area contributed by atoms with Gasteiger partial charge in [-0.1, -0.05) is 79.9 Å². The summed E-state index contributed by atoms with van der Waals surface area (Å²) in [6.45, 7) is 1.41. The Morgan fingerprint density at radius 2 is 1.61 bits per heavy atom. The Kier molecular flexibility index (Phi) is 7.23. The van der Waals surface area contributed by atoms with Crippen molar-refractivity contribution in [3.63, 3.8) is 0 Å². The first kappa shape index (κ1) is 24.3. The molecule has 0 aromatic heterocycles. The lowest BCUT2D eigenvalue weighted by atomic mass is 9.88. The van der Waals surface area contributed by atoms with Gasteiger partial charge in [-0.3, -0.25) is 9.59 Å². The number of rotatable bonds is 5. The van der Waals surface area contributed by atoms with Crippen molar-refractivity contribution in [2.75, 3.05) is 26.7 Å². The van der Waals surface area contributed by atoms with Crippen LogP contribution in [-0.4, -0.2) is 70.5 Å². The van der Waals surface area contributed by atoms with E-state index in [2.05, 4.69) is 5.32 Å². The maximum Gasteiger partial charge on any atom is 0.334 e. The summed E-state index contributed by atoms with van der Waals surface area (Å²) in [6, 6.07) is 18.2. The number of benzene rings is 2. The van der Waals surface area contributed by atoms with Crippen molar-refractivity contribution in [3.8, 4) is 0 Å². The average Bonchev–Trinajstić information content (AvgIpc) is 2.90. The second kappa shape index (κ2) is 10.7. The van der Waals surface area contributed by atoms with Gasteiger partial charge in [-0.25, -0.2) is 14.8 Å². The summed E-state index contributed by atoms with van der Waals surface area (Å²) in [7, 11) is 1.76. The maximum absolute atomic E-state index is 13.9. The van der Waals surface area contributed by atoms with E-state index in [1.165, 1.54) is 19.3 Å². The Morgan fingerprint density at radius 3 is 2.31 bits per heavy atom. The topological polar surface area (TPSA) is 76.2 Å². The van der Waals surface area contributed by atoms with Gasteiger partial charge < -0.3 is 15.1 Å². The monoisotopic (exact) mass is 489 g/mol. The fraction of sp³-hybridized carbons (Fsp3) is 0.464. The van der Waals surface area contributed by atoms with Crippen molar-refractivity contribution in [1.82, 2.24) is 25.1 Å². The molecule has 190 valence electrons. The van der Waals surface area contributed by atoms with Gasteiger partial charge in [0.25, 0.3) is 0 Å². The number of carbonyl (C=O) groups excluding carboxylic acids is 3. The molecular weight excluding hydrogens is 454 g/mol. The first-order chi connectivity index (χ1) is 17.5. The van der Waals surface area contributed by atoms with Crippen molar-refractivity contribution in [3.05, 3.63) is 71.8 Å². The van der Waals surface area contributed by atoms with Gasteiger partial charge in [0.1, 0.15) is 12.2 Å². The highest BCUT2D eigenvalue weighted by molar-refractivity contribution is 5.92. The Hall–Kier alpha value is -3.39. The summed E-state index contributed by atoms with van der Waals surface area (Å²) in [5.41, 5.74) is 1.78. The Morgan fingerprint density at radius 1 is 0.944 bits per heavy atom. The molecule has 4 amide bonds. The molecule has 2 heterocycles. The van der Waals surface area contributed by atoms with Crippen LogP contribution in [0.1, 0.15) is 49.3 Å². The molecule has 8 heteroatoms. The van der Waals surface area contributed by atoms with Crippen LogP contribution >= 0.6 is 0 Å². The summed E-state index contributed by atoms with van der Waals surface area (Å²) in [6.07, 6.45) is 5.31. The molecule has 1 N–H and O–H groups in total. The Labute approximate surface area is 212 Å². The molecule has 2 aliphatic heterocycles. The minimum atomic E-state index is -0.737. The largest absolute Gasteiger partial charge is 0.336 e. The van der Waals surface area contributed by atoms with Crippen LogP contribution in [0.3, 0.4) is 0 Å². The van der Waals surface area contributed by atoms with Crippen LogP contribution in [0.25, 0.3) is 0 Å². The van der Waals surface area contributed by atoms with Crippen LogP contribution in [-0.2, 0) is 16.1 Å². The fourth-order valence-electron chi connectivity index (χ4n) is 5.85. The number of carbonyl (C=O) groups is 3. The number of hydrogen-bond acceptors (Lipinski definition) is 4. The highest BCUT2D eigenvalue weighted by Gasteiger charge is 2.51. The van der Waals surface area contributed by atoms with Crippen molar-refractivity contribution in [2.45, 2.75) is 50.9 Å². The number of amides is 4. The molecule has 0 bridgehead atoms. The lowest BCUT2D eigenvalue weighted by molar-refractivity contribution is -0.188. The van der Waals surface area contributed by atoms with E-state index in [-0.39, 0.29) is 24.4 Å². The van der Waals surface area contributed by atoms with Crippen molar-refractivity contribution in [2.24, 2.45) is 5.92 Å². The van der Waals surface area contributed by atoms with Crippen LogP contribution in [0.2, 0.25) is 0 Å². The van der Waals surface area contributed by atoms with E-state index in [1.54, 1.807) is 22.0 Å². The third-order valence-corrected chi connectivity index (χ3v) is 7.64. The minimum Gasteiger partial charge on any atom is -0.336 e. The molecule has 36 heavy (non-hydrogen) atoms. The summed E-state index contributed by atoms with van der Waals surface area (Å²) < 4.78 is 0. The van der Waals surface area contributed by atoms with Gasteiger partial charge in [0.15, 0.2) is 0 Å². The van der Waals surface area contributed by atoms with Gasteiger partial charge in [-0.2, -0.15) is 0 Å². The molecular formula is C28H35N5O3. The highest BCUT2D eigenvalue weighted by Crippen LogP contribution is 2.36. The molecule has 8 nitrogen and oxygen atoms in total. The van der Waals surface area contributed by atoms with Crippen LogP contribution in [0.15, 0.2) is 60.7 Å². The Balaban J connectivity index is 1.44. The number of urea groups is 1. The summed E-state index contributed by atoms with van der Waals surface area (Å²) in [4.78, 5) is 44.3. The number of hydrazine groups is 1. The van der Waals surface area contributed by atoms with E-state index < -0.39 is 12.2 Å². The molecule has 2 atom stereocenters. The normalized spacial score (nSPS) is 23.5. The zero-order valence-corrected chi connectivity index (χ0v) is 20.9. The number of piperazine rings is 1. The second-order valence-corrected chi connectivity index (χ2v) is 10.1. The van der Waals surface area contributed by atoms with E-state index >= 15 is 0 Å². The van der Waals surface area contributed by atoms with E-state index in [1.807, 2.05) is 65.6 Å². The summed E-state index contributed by atoms with van der Waals surface area (Å²) in [5.74, 6) is 0.266. The average molecular weight is 490 g/mol. The lowest BCUT2D eigenvalue weighted by Crippen LogP contribution is -2.74. The predicted octanol–water partition coefficient (Wildman–Crippen LogP) is 3.38. The highest BCUT2D eigenvalue weighted by atomic mass is 16.2. The molecule has 1 saturated carbocycles. The van der Waals surface area contributed by atoms with Crippen molar-refractivity contribution in [1.29, 1.82) is 0 Å². The lowest BCUT2D eigenvalue weighted by Gasteiger charge is -2.54. The fourth-order valence-corrected chi connectivity index (χ4v) is 5.85. The molecule has 2 aromatic carbocycles. The van der Waals surface area contributed by atoms with Gasteiger partial charge in [-0.05, 0) is 29.9 Å². The van der Waals surface area contributed by atoms with Gasteiger partial charge in [0, 0.05) is 20.1 Å². The number of nitrogens with zero attached hydrogens (tertiary/aromatic N) is 4. The molecule has 0 radical (unpaired) electrons. The van der Waals surface area contributed by atoms with Crippen molar-refractivity contribution >= 4 is 17.8 Å². The molecule has 3 aliphatic rings. The first-order valence-corrected chi connectivity index (χ1v) is 13.0. The van der Waals surface area contributed by atoms with Gasteiger partial charge >= 0.3 is 6.03 Å². The Bertz CT molecular complexity index is 1070. The maximum atomic E-state index is 13.9. The zero-order valence-electron chi connectivity index (χ0n) is 20.9. The summed E-state index contributed by atoms with van der Waals surface area (Å²) in [5, 5.41) is 6.32. The molecule has 5 rings (SSSR count). The molecule has 1 aliphatic carbocycles. The van der Waals surface area contributed by atoms with Crippen LogP contribution < -0.4 is 5.32 Å². The van der Waals surface area contributed by atoms with E-state index in [9.17, 15) is 14.4 Å². The van der Waals surface area contributed by atoms with Gasteiger partial charge in [-0.15, -0.1) is 0 Å². The number of hydrogen-bond donors (Lipinski definition) is 1. The first-order valence-electron chi connectivity index (χ1n) is 13.0. The third kappa shape index (κ3) is 4.95. The van der Waals surface area contributed by atoms with Gasteiger partial charge in [0.2, 0.25) is 11.8 Å². The molecule has 2 aromatic rings. The molecule has 3 fully saturated rings. The second-order valence-electron chi connectivity index (χ2n) is 10.1. The van der Waals surface area contributed by atoms with E-state index in [0.29, 0.717) is 25.6 Å². The number of likely N-dealkylation sites (N-methyl/N-ethyl adjacent to an activating group) is 1. The van der Waals surface area contributed by atoms with Crippen LogP contribution in [0.4, 0.5) is 4.79 Å².